The van der Waals surface area contributed by atoms with Crippen LogP contribution in [0.5, 0.6) is 0 Å². The van der Waals surface area contributed by atoms with E-state index in [2.05, 4.69) is 42.0 Å². The maximum atomic E-state index is 12.3. The van der Waals surface area contributed by atoms with Gasteiger partial charge >= 0.3 is 0 Å². The molecule has 0 amide bonds. The second-order valence-corrected chi connectivity index (χ2v) is 7.24. The molecule has 0 radical (unpaired) electrons. The molecule has 0 bridgehead atoms. The molecule has 0 aliphatic carbocycles. The van der Waals surface area contributed by atoms with Crippen molar-refractivity contribution in [2.24, 2.45) is 5.92 Å². The maximum Gasteiger partial charge on any atom is 0.102 e. The third-order valence-corrected chi connectivity index (χ3v) is 5.71. The van der Waals surface area contributed by atoms with Gasteiger partial charge in [0.15, 0.2) is 0 Å². The molecule has 106 valence electrons. The van der Waals surface area contributed by atoms with Crippen molar-refractivity contribution in [2.75, 3.05) is 32.1 Å². The molecule has 0 aromatic heterocycles. The van der Waals surface area contributed by atoms with Gasteiger partial charge in [0.05, 0.1) is 0 Å². The van der Waals surface area contributed by atoms with E-state index in [1.165, 1.54) is 29.1 Å². The fourth-order valence-electron chi connectivity index (χ4n) is 2.61. The summed E-state index contributed by atoms with van der Waals surface area (Å²) in [6.45, 7) is 4.62. The van der Waals surface area contributed by atoms with Gasteiger partial charge in [-0.2, -0.15) is 10.5 Å². The first-order valence-corrected chi connectivity index (χ1v) is 8.61. The Labute approximate surface area is 118 Å². The molecular formula is C16H24FNS. The van der Waals surface area contributed by atoms with Crippen LogP contribution in [-0.4, -0.2) is 42.8 Å². The van der Waals surface area contributed by atoms with Crippen molar-refractivity contribution in [1.29, 1.82) is 0 Å². The number of hydrogen-bond acceptors (Lipinski definition) is 1. The highest BCUT2D eigenvalue weighted by molar-refractivity contribution is 8.14. The lowest BCUT2D eigenvalue weighted by Gasteiger charge is -2.31. The van der Waals surface area contributed by atoms with Crippen molar-refractivity contribution in [1.82, 2.24) is 4.90 Å². The van der Waals surface area contributed by atoms with Crippen LogP contribution in [0.25, 0.3) is 0 Å². The first kappa shape index (κ1) is 14.7. The zero-order chi connectivity index (χ0) is 13.7. The fraction of sp³-hybridized carbons (Fsp3) is 0.562. The summed E-state index contributed by atoms with van der Waals surface area (Å²) in [6.07, 6.45) is 2.40. The lowest BCUT2D eigenvalue weighted by Crippen LogP contribution is -2.35. The zero-order valence-electron chi connectivity index (χ0n) is 11.8. The average molecular weight is 281 g/mol. The van der Waals surface area contributed by atoms with Crippen LogP contribution in [-0.2, 0) is 0 Å². The number of nitrogens with zero attached hydrogens (tertiary/aromatic N) is 1. The van der Waals surface area contributed by atoms with Crippen molar-refractivity contribution in [3.63, 3.8) is 0 Å². The lowest BCUT2D eigenvalue weighted by molar-refractivity contribution is 0.181. The van der Waals surface area contributed by atoms with Gasteiger partial charge in [-0.15, -0.1) is 0 Å². The Balaban J connectivity index is 1.82. The van der Waals surface area contributed by atoms with E-state index in [0.29, 0.717) is 6.54 Å². The average Bonchev–Trinajstić information content (AvgIpc) is 2.42. The minimum Gasteiger partial charge on any atom is -0.301 e. The maximum absolute atomic E-state index is 12.3. The SMILES string of the molecule is C=S(CC1CCN(CCF)CC1)c1ccc(C)cc1. The van der Waals surface area contributed by atoms with E-state index in [0.717, 1.165) is 19.0 Å². The predicted molar refractivity (Wildman–Crippen MR) is 84.2 cm³/mol. The molecule has 0 N–H and O–H groups in total. The highest BCUT2D eigenvalue weighted by Crippen LogP contribution is 2.31. The number of rotatable bonds is 5. The second kappa shape index (κ2) is 7.20. The number of aryl methyl sites for hydroxylation is 1. The smallest absolute Gasteiger partial charge is 0.102 e. The Hall–Kier alpha value is -0.670. The molecule has 1 unspecified atom stereocenters. The zero-order valence-corrected chi connectivity index (χ0v) is 12.6. The van der Waals surface area contributed by atoms with E-state index in [4.69, 9.17) is 0 Å². The van der Waals surface area contributed by atoms with Gasteiger partial charge in [-0.3, -0.25) is 0 Å². The molecular weight excluding hydrogens is 257 g/mol. The second-order valence-electron chi connectivity index (χ2n) is 5.45. The highest BCUT2D eigenvalue weighted by atomic mass is 32.2. The molecule has 1 aliphatic rings. The molecule has 0 saturated carbocycles. The van der Waals surface area contributed by atoms with Gasteiger partial charge in [-0.25, -0.2) is 4.39 Å². The quantitative estimate of drug-likeness (QED) is 0.743. The van der Waals surface area contributed by atoms with Gasteiger partial charge < -0.3 is 4.90 Å². The van der Waals surface area contributed by atoms with E-state index in [1.807, 2.05) is 0 Å². The number of benzene rings is 1. The number of alkyl halides is 1. The number of likely N-dealkylation sites (tertiary alicyclic amines) is 1. The van der Waals surface area contributed by atoms with Crippen LogP contribution in [0.2, 0.25) is 0 Å². The van der Waals surface area contributed by atoms with Crippen LogP contribution in [0.4, 0.5) is 4.39 Å². The normalized spacial score (nSPS) is 19.5. The lowest BCUT2D eigenvalue weighted by atomic mass is 9.99. The minimum atomic E-state index is -0.215. The Morgan fingerprint density at radius 3 is 2.47 bits per heavy atom. The largest absolute Gasteiger partial charge is 0.301 e. The van der Waals surface area contributed by atoms with Gasteiger partial charge in [0.25, 0.3) is 0 Å². The summed E-state index contributed by atoms with van der Waals surface area (Å²) in [4.78, 5) is 3.61. The highest BCUT2D eigenvalue weighted by Gasteiger charge is 2.19. The van der Waals surface area contributed by atoms with Crippen LogP contribution >= 0.6 is 10.5 Å². The molecule has 2 rings (SSSR count). The summed E-state index contributed by atoms with van der Waals surface area (Å²) in [5, 5.41) is 0. The van der Waals surface area contributed by atoms with Crippen molar-refractivity contribution in [3.8, 4) is 0 Å². The Morgan fingerprint density at radius 2 is 1.89 bits per heavy atom. The minimum absolute atomic E-state index is 0.103. The van der Waals surface area contributed by atoms with Crippen LogP contribution < -0.4 is 0 Å². The summed E-state index contributed by atoms with van der Waals surface area (Å²) in [5.41, 5.74) is 1.31. The van der Waals surface area contributed by atoms with Gasteiger partial charge in [-0.1, -0.05) is 23.6 Å². The molecule has 3 heteroatoms. The third kappa shape index (κ3) is 4.43. The topological polar surface area (TPSA) is 3.24 Å². The van der Waals surface area contributed by atoms with Crippen LogP contribution in [0.1, 0.15) is 18.4 Å². The van der Waals surface area contributed by atoms with Crippen molar-refractivity contribution in [3.05, 3.63) is 29.8 Å². The molecule has 1 heterocycles. The third-order valence-electron chi connectivity index (χ3n) is 3.90. The molecule has 0 spiro atoms. The number of hydrogen-bond donors (Lipinski definition) is 0. The van der Waals surface area contributed by atoms with Crippen LogP contribution in [0, 0.1) is 12.8 Å². The molecule has 1 nitrogen and oxygen atoms in total. The monoisotopic (exact) mass is 281 g/mol. The van der Waals surface area contributed by atoms with Gasteiger partial charge in [0.2, 0.25) is 0 Å². The molecule has 1 aromatic carbocycles. The summed E-state index contributed by atoms with van der Waals surface area (Å²) >= 11 is 0. The molecule has 1 fully saturated rings. The molecule has 1 saturated heterocycles. The van der Waals surface area contributed by atoms with E-state index < -0.39 is 0 Å². The van der Waals surface area contributed by atoms with E-state index in [9.17, 15) is 4.39 Å². The van der Waals surface area contributed by atoms with Gasteiger partial charge in [0, 0.05) is 11.4 Å². The number of halogens is 1. The summed E-state index contributed by atoms with van der Waals surface area (Å²) in [6, 6.07) is 8.77. The van der Waals surface area contributed by atoms with Crippen molar-refractivity contribution >= 4 is 16.4 Å². The number of piperidine rings is 1. The predicted octanol–water partition coefficient (Wildman–Crippen LogP) is 3.74. The standard InChI is InChI=1S/C16H24FNS/c1-14-3-5-16(6-4-14)19(2)13-15-7-10-18(11-8-15)12-9-17/h3-6,15H,2,7-13H2,1H3. The first-order chi connectivity index (χ1) is 9.19. The Bertz CT molecular complexity index is 407. The van der Waals surface area contributed by atoms with Crippen LogP contribution in [0.15, 0.2) is 29.2 Å². The van der Waals surface area contributed by atoms with E-state index >= 15 is 0 Å². The van der Waals surface area contributed by atoms with E-state index in [-0.39, 0.29) is 17.2 Å². The first-order valence-electron chi connectivity index (χ1n) is 7.04. The fourth-order valence-corrected chi connectivity index (χ4v) is 4.22. The van der Waals surface area contributed by atoms with E-state index in [1.54, 1.807) is 0 Å². The van der Waals surface area contributed by atoms with Crippen molar-refractivity contribution in [2.45, 2.75) is 24.7 Å². The van der Waals surface area contributed by atoms with Crippen LogP contribution in [0.3, 0.4) is 0 Å². The molecule has 1 aliphatic heterocycles. The van der Waals surface area contributed by atoms with Crippen molar-refractivity contribution < 1.29 is 4.39 Å². The van der Waals surface area contributed by atoms with Gasteiger partial charge in [0.1, 0.15) is 6.67 Å². The molecule has 19 heavy (non-hydrogen) atoms. The molecule has 1 aromatic rings. The summed E-state index contributed by atoms with van der Waals surface area (Å²) < 4.78 is 12.3. The summed E-state index contributed by atoms with van der Waals surface area (Å²) in [7, 11) is 0.103. The Kier molecular flexibility index (Phi) is 5.59. The summed E-state index contributed by atoms with van der Waals surface area (Å²) in [5.74, 6) is 6.29. The molecule has 1 atom stereocenters. The van der Waals surface area contributed by atoms with Gasteiger partial charge in [-0.05, 0) is 56.7 Å². The Morgan fingerprint density at radius 1 is 1.26 bits per heavy atom.